The Bertz CT molecular complexity index is 1050. The van der Waals surface area contributed by atoms with Crippen LogP contribution in [0.25, 0.3) is 0 Å². The maximum Gasteiger partial charge on any atom is 0.331 e. The van der Waals surface area contributed by atoms with E-state index < -0.39 is 34.4 Å². The first kappa shape index (κ1) is 27.3. The summed E-state index contributed by atoms with van der Waals surface area (Å²) in [5.74, 6) is -0.475. The van der Waals surface area contributed by atoms with E-state index >= 15 is 0 Å². The Kier molecular flexibility index (Phi) is 6.53. The lowest BCUT2D eigenvalue weighted by atomic mass is 9.43. The van der Waals surface area contributed by atoms with E-state index in [1.807, 2.05) is 20.8 Å². The second-order valence-corrected chi connectivity index (χ2v) is 13.5. The van der Waals surface area contributed by atoms with Crippen molar-refractivity contribution in [2.24, 2.45) is 39.4 Å². The van der Waals surface area contributed by atoms with Gasteiger partial charge in [-0.25, -0.2) is 4.79 Å². The third-order valence-corrected chi connectivity index (χ3v) is 11.4. The van der Waals surface area contributed by atoms with Crippen LogP contribution in [-0.2, 0) is 14.4 Å². The number of fused-ring (bicyclic) bond motifs is 4. The van der Waals surface area contributed by atoms with E-state index in [9.17, 15) is 24.6 Å². The lowest BCUT2D eigenvalue weighted by molar-refractivity contribution is -0.143. The van der Waals surface area contributed by atoms with Crippen LogP contribution in [0, 0.1) is 39.4 Å². The number of allylic oxidation sites excluding steroid dienone is 1. The third kappa shape index (κ3) is 3.61. The van der Waals surface area contributed by atoms with E-state index in [0.717, 1.165) is 24.0 Å². The van der Waals surface area contributed by atoms with Crippen molar-refractivity contribution < 1.29 is 29.7 Å². The molecule has 0 aromatic rings. The second-order valence-electron chi connectivity index (χ2n) is 13.5. The number of ketones is 2. The molecule has 0 spiro atoms. The molecule has 0 radical (unpaired) electrons. The summed E-state index contributed by atoms with van der Waals surface area (Å²) in [6.07, 6.45) is 3.92. The first-order valence-corrected chi connectivity index (χ1v) is 13.6. The van der Waals surface area contributed by atoms with Crippen molar-refractivity contribution >= 4 is 17.5 Å². The fraction of sp³-hybridized carbons (Fsp3) is 0.767. The van der Waals surface area contributed by atoms with Crippen LogP contribution >= 0.6 is 0 Å². The quantitative estimate of drug-likeness (QED) is 0.464. The molecule has 0 aromatic carbocycles. The van der Waals surface area contributed by atoms with E-state index in [4.69, 9.17) is 5.11 Å². The first-order valence-electron chi connectivity index (χ1n) is 13.6. The number of aliphatic carboxylic acids is 1. The number of hydrogen-bond donors (Lipinski definition) is 3. The van der Waals surface area contributed by atoms with Crippen LogP contribution in [-0.4, -0.2) is 45.1 Å². The molecule has 0 saturated heterocycles. The molecule has 0 bridgehead atoms. The Morgan fingerprint density at radius 1 is 1.14 bits per heavy atom. The maximum atomic E-state index is 14.0. The third-order valence-electron chi connectivity index (χ3n) is 11.4. The van der Waals surface area contributed by atoms with E-state index in [-0.39, 0.29) is 40.3 Å². The van der Waals surface area contributed by atoms with Gasteiger partial charge in [0, 0.05) is 40.2 Å². The van der Waals surface area contributed by atoms with Gasteiger partial charge in [-0.3, -0.25) is 9.59 Å². The summed E-state index contributed by atoms with van der Waals surface area (Å²) in [6, 6.07) is 0. The molecule has 36 heavy (non-hydrogen) atoms. The molecule has 8 atom stereocenters. The highest BCUT2D eigenvalue weighted by atomic mass is 16.4. The number of aliphatic hydroxyl groups is 2. The summed E-state index contributed by atoms with van der Waals surface area (Å²) in [4.78, 5) is 38.0. The zero-order chi connectivity index (χ0) is 27.0. The zero-order valence-corrected chi connectivity index (χ0v) is 23.0. The Labute approximate surface area is 215 Å². The predicted octanol–water partition coefficient (Wildman–Crippen LogP) is 4.87. The number of carboxylic acids is 1. The topological polar surface area (TPSA) is 112 Å². The molecule has 0 heterocycles. The van der Waals surface area contributed by atoms with Crippen molar-refractivity contribution in [3.63, 3.8) is 0 Å². The van der Waals surface area contributed by atoms with Crippen LogP contribution < -0.4 is 0 Å². The minimum atomic E-state index is -1.05. The molecular formula is C30H44O6. The number of hydrogen-bond acceptors (Lipinski definition) is 5. The Morgan fingerprint density at radius 3 is 2.39 bits per heavy atom. The summed E-state index contributed by atoms with van der Waals surface area (Å²) in [5, 5.41) is 31.4. The molecule has 4 aliphatic rings. The van der Waals surface area contributed by atoms with E-state index in [2.05, 4.69) is 20.8 Å². The van der Waals surface area contributed by atoms with E-state index in [1.54, 1.807) is 0 Å². The normalized spacial score (nSPS) is 41.9. The number of carbonyl (C=O) groups excluding carboxylic acids is 2. The highest BCUT2D eigenvalue weighted by molar-refractivity contribution is 6.00. The van der Waals surface area contributed by atoms with Gasteiger partial charge in [0.05, 0.1) is 12.2 Å². The van der Waals surface area contributed by atoms with Crippen molar-refractivity contribution in [3.8, 4) is 0 Å². The van der Waals surface area contributed by atoms with Gasteiger partial charge in [0.15, 0.2) is 5.78 Å². The molecule has 0 aromatic heterocycles. The molecule has 6 nitrogen and oxygen atoms in total. The first-order chi connectivity index (χ1) is 16.5. The van der Waals surface area contributed by atoms with Gasteiger partial charge in [0.2, 0.25) is 0 Å². The number of rotatable bonds is 5. The van der Waals surface area contributed by atoms with Gasteiger partial charge in [0.1, 0.15) is 5.78 Å². The molecule has 3 N–H and O–H groups in total. The summed E-state index contributed by atoms with van der Waals surface area (Å²) >= 11 is 0. The van der Waals surface area contributed by atoms with Crippen molar-refractivity contribution in [2.45, 2.75) is 106 Å². The van der Waals surface area contributed by atoms with Gasteiger partial charge in [-0.15, -0.1) is 0 Å². The summed E-state index contributed by atoms with van der Waals surface area (Å²) in [7, 11) is 0. The van der Waals surface area contributed by atoms with Gasteiger partial charge in [-0.05, 0) is 68.3 Å². The highest BCUT2D eigenvalue weighted by Gasteiger charge is 2.68. The predicted molar refractivity (Wildman–Crippen MR) is 137 cm³/mol. The minimum Gasteiger partial charge on any atom is -0.478 e. The molecule has 4 rings (SSSR count). The molecule has 2 saturated carbocycles. The smallest absolute Gasteiger partial charge is 0.331 e. The van der Waals surface area contributed by atoms with Crippen LogP contribution in [0.5, 0.6) is 0 Å². The van der Waals surface area contributed by atoms with Crippen LogP contribution in [0.3, 0.4) is 0 Å². The molecule has 4 aliphatic carbocycles. The minimum absolute atomic E-state index is 0.00701. The summed E-state index contributed by atoms with van der Waals surface area (Å²) in [6.45, 7) is 14.0. The molecular weight excluding hydrogens is 456 g/mol. The lowest BCUT2D eigenvalue weighted by Gasteiger charge is -2.60. The molecule has 0 amide bonds. The van der Waals surface area contributed by atoms with Crippen LogP contribution in [0.4, 0.5) is 0 Å². The number of carboxylic acid groups (broad SMARTS) is 1. The summed E-state index contributed by atoms with van der Waals surface area (Å²) < 4.78 is 0. The monoisotopic (exact) mass is 500 g/mol. The Hall–Kier alpha value is -1.79. The SMILES string of the molecule is CC(=CC(O)CC(C)C1CC(O)C2(C)C3=C(C(=O)CC12C)C1(C)CCC(=O)C(C)(C)C1CC3)C(=O)O. The van der Waals surface area contributed by atoms with Gasteiger partial charge >= 0.3 is 5.97 Å². The fourth-order valence-corrected chi connectivity index (χ4v) is 9.22. The van der Waals surface area contributed by atoms with Gasteiger partial charge < -0.3 is 15.3 Å². The van der Waals surface area contributed by atoms with Gasteiger partial charge in [-0.2, -0.15) is 0 Å². The largest absolute Gasteiger partial charge is 0.478 e. The Balaban J connectivity index is 1.72. The second kappa shape index (κ2) is 8.62. The number of Topliss-reactive ketones (excluding diaryl/α,β-unsaturated/α-hetero) is 2. The zero-order valence-electron chi connectivity index (χ0n) is 23.0. The standard InChI is InChI=1S/C30H44O6/c1-16(12-18(31)13-17(2)26(35)36)20-14-24(34)30(7)19-8-9-22-27(3,4)23(33)10-11-28(22,5)25(19)21(32)15-29(20,30)6/h13,16,18,20,22,24,31,34H,8-12,14-15H2,1-7H3,(H,35,36). The molecule has 6 heteroatoms. The van der Waals surface area contributed by atoms with Crippen LogP contribution in [0.1, 0.15) is 93.4 Å². The Morgan fingerprint density at radius 2 is 1.78 bits per heavy atom. The van der Waals surface area contributed by atoms with Crippen LogP contribution in [0.2, 0.25) is 0 Å². The fourth-order valence-electron chi connectivity index (χ4n) is 9.22. The van der Waals surface area contributed by atoms with Gasteiger partial charge in [0.25, 0.3) is 0 Å². The highest BCUT2D eigenvalue weighted by Crippen LogP contribution is 2.71. The van der Waals surface area contributed by atoms with E-state index in [1.165, 1.54) is 13.0 Å². The number of aliphatic hydroxyl groups excluding tert-OH is 2. The van der Waals surface area contributed by atoms with Crippen molar-refractivity contribution in [1.29, 1.82) is 0 Å². The van der Waals surface area contributed by atoms with Crippen molar-refractivity contribution in [2.75, 3.05) is 0 Å². The average molecular weight is 501 g/mol. The van der Waals surface area contributed by atoms with Crippen LogP contribution in [0.15, 0.2) is 22.8 Å². The van der Waals surface area contributed by atoms with E-state index in [0.29, 0.717) is 32.1 Å². The van der Waals surface area contributed by atoms with Crippen molar-refractivity contribution in [3.05, 3.63) is 22.8 Å². The lowest BCUT2D eigenvalue weighted by Crippen LogP contribution is -2.57. The van der Waals surface area contributed by atoms with Gasteiger partial charge in [-0.1, -0.05) is 47.1 Å². The number of carbonyl (C=O) groups is 3. The van der Waals surface area contributed by atoms with Crippen molar-refractivity contribution in [1.82, 2.24) is 0 Å². The molecule has 0 aliphatic heterocycles. The average Bonchev–Trinajstić information content (AvgIpc) is 2.97. The molecule has 2 fully saturated rings. The molecule has 200 valence electrons. The summed E-state index contributed by atoms with van der Waals surface area (Å²) in [5.41, 5.74) is 0.282. The maximum absolute atomic E-state index is 14.0. The molecule has 8 unspecified atom stereocenters.